The third-order valence-corrected chi connectivity index (χ3v) is 36.0. The molecule has 0 aromatic heterocycles. The molecule has 1 N–H and O–H groups in total. The highest BCUT2D eigenvalue weighted by Gasteiger charge is 2.72. The summed E-state index contributed by atoms with van der Waals surface area (Å²) in [4.78, 5) is 37.0. The van der Waals surface area contributed by atoms with Crippen molar-refractivity contribution in [1.82, 2.24) is 0 Å². The lowest BCUT2D eigenvalue weighted by Gasteiger charge is -2.63. The van der Waals surface area contributed by atoms with Gasteiger partial charge in [-0.25, -0.2) is 9.59 Å². The van der Waals surface area contributed by atoms with Gasteiger partial charge in [0.2, 0.25) is 0 Å². The molecule has 12 saturated carbocycles. The highest BCUT2D eigenvalue weighted by molar-refractivity contribution is 6.74. The van der Waals surface area contributed by atoms with Crippen LogP contribution in [-0.2, 0) is 56.7 Å². The molecule has 15 aliphatic rings. The molecule has 12 aliphatic carbocycles. The van der Waals surface area contributed by atoms with Gasteiger partial charge in [-0.05, 0) is 286 Å². The zero-order valence-electron chi connectivity index (χ0n) is 61.5. The fourth-order valence-electron chi connectivity index (χ4n) is 25.7. The Hall–Kier alpha value is -2.01. The van der Waals surface area contributed by atoms with Gasteiger partial charge in [-0.2, -0.15) is 0 Å². The number of rotatable bonds is 4. The van der Waals surface area contributed by atoms with Crippen molar-refractivity contribution in [2.24, 2.45) is 109 Å². The number of carbonyl (C=O) groups is 3. The average Bonchev–Trinajstić information content (AvgIpc) is 1.65. The van der Waals surface area contributed by atoms with Crippen molar-refractivity contribution in [1.29, 1.82) is 0 Å². The van der Waals surface area contributed by atoms with Gasteiger partial charge in [0.25, 0.3) is 0 Å². The summed E-state index contributed by atoms with van der Waals surface area (Å²) < 4.78 is 57.0. The van der Waals surface area contributed by atoms with E-state index < -0.39 is 25.7 Å². The van der Waals surface area contributed by atoms with Gasteiger partial charge in [0, 0.05) is 30.1 Å². The average molecular weight is 1310 g/mol. The Labute approximate surface area is 562 Å². The van der Waals surface area contributed by atoms with Gasteiger partial charge in [-0.1, -0.05) is 86.8 Å². The van der Waals surface area contributed by atoms with E-state index in [4.69, 9.17) is 42.3 Å². The van der Waals surface area contributed by atoms with E-state index in [2.05, 4.69) is 110 Å². The number of ether oxygens (including phenoxy) is 8. The minimum Gasteiger partial charge on any atom is -0.466 e. The SMILES string of the molecule is COC(=O)/C=C1\CCC2C3C(CC[C@]12C)[C@@]1(C)CC[C@H](O)CC1[C@H]1OC(C)(C)O[C@H]31.COC(=O)/C=C1\CCC2C3C(CC[C@]12C)[C@@]1(C)CC[C@H](O[Si](C)(C)C(C)(C)C)CC1[C@H]1OC(C)(C)O[C@H]31.C[C@H]1CC[C@]2(C)C3CC[C@]4(C)C(=O)CCC4C3[C@H]3OC(C)(C)O[C@@H]3C2C1. The van der Waals surface area contributed by atoms with Crippen molar-refractivity contribution < 1.29 is 61.8 Å². The molecule has 12 unspecified atom stereocenters. The molecule has 0 aromatic rings. The zero-order chi connectivity index (χ0) is 67.1. The molecule has 93 heavy (non-hydrogen) atoms. The van der Waals surface area contributed by atoms with Crippen LogP contribution >= 0.6 is 0 Å². The fraction of sp³-hybridized carbons (Fsp3) is 0.911. The quantitative estimate of drug-likeness (QED) is 0.161. The van der Waals surface area contributed by atoms with Gasteiger partial charge in [0.15, 0.2) is 25.7 Å². The van der Waals surface area contributed by atoms with Crippen LogP contribution in [0.3, 0.4) is 0 Å². The van der Waals surface area contributed by atoms with Crippen molar-refractivity contribution in [2.75, 3.05) is 14.2 Å². The third kappa shape index (κ3) is 11.2. The standard InChI is InChI=1S/C31H52O5Si.C25H38O5.C23H36O3/c1-28(2,3)37(9,10)36-20-13-15-31(7)22-14-16-30(6)19(17-24(32)33-8)11-12-21(30)25(22)27-26(23(31)18-20)34-29(4,5)35-27;1-23(2)29-21-18-13-15(26)8-10-25(18,4)17-9-11-24(3)14(12-19(27)28-5)6-7-16(24)20(17)22(21)30-23;1-13-8-10-22(4)15-9-11-23(5)14(6-7-17(23)24)18(15)20-19(16(22)12-13)25-21(2,3)26-20/h17,20-23,25-27H,11-16,18H2,1-10H3;12,15-18,20-22,26H,6-11,13H2,1-5H3;13-16,18-20H,6-12H2,1-5H3/b19-17+;14-12+;/t20-,21?,22?,23?,25?,26+,27+,30+,31+;15-,16?,17?,18?,20?,21+,22+,24+,25+;13-,14?,15?,16?,18?,19+,20+,22+,23-/m000/s1. The van der Waals surface area contributed by atoms with E-state index in [-0.39, 0.29) is 86.8 Å². The van der Waals surface area contributed by atoms with Crippen LogP contribution in [-0.4, -0.2) is 112 Å². The monoisotopic (exact) mass is 1310 g/mol. The molecule has 14 heteroatoms. The van der Waals surface area contributed by atoms with Gasteiger partial charge in [0.05, 0.1) is 56.9 Å². The summed E-state index contributed by atoms with van der Waals surface area (Å²) in [5, 5.41) is 10.7. The summed E-state index contributed by atoms with van der Waals surface area (Å²) >= 11 is 0. The minimum atomic E-state index is -1.84. The first-order valence-corrected chi connectivity index (χ1v) is 40.7. The Morgan fingerprint density at radius 2 is 0.828 bits per heavy atom. The van der Waals surface area contributed by atoms with Crippen molar-refractivity contribution >= 4 is 26.0 Å². The highest BCUT2D eigenvalue weighted by atomic mass is 28.4. The van der Waals surface area contributed by atoms with Gasteiger partial charge in [-0.15, -0.1) is 0 Å². The number of carbonyl (C=O) groups excluding carboxylic acids is 3. The van der Waals surface area contributed by atoms with E-state index in [0.29, 0.717) is 88.3 Å². The second-order valence-corrected chi connectivity index (χ2v) is 43.0. The molecule has 3 heterocycles. The van der Waals surface area contributed by atoms with Crippen LogP contribution in [0.15, 0.2) is 23.3 Å². The van der Waals surface area contributed by atoms with Crippen LogP contribution in [0.1, 0.15) is 246 Å². The fourth-order valence-corrected chi connectivity index (χ4v) is 27.1. The summed E-state index contributed by atoms with van der Waals surface area (Å²) in [5.74, 6) is 5.49. The van der Waals surface area contributed by atoms with Crippen LogP contribution in [0.2, 0.25) is 18.1 Å². The smallest absolute Gasteiger partial charge is 0.330 e. The van der Waals surface area contributed by atoms with E-state index in [1.807, 2.05) is 13.8 Å². The largest absolute Gasteiger partial charge is 0.466 e. The lowest BCUT2D eigenvalue weighted by atomic mass is 9.43. The molecular formula is C79H126O13Si. The molecule has 15 rings (SSSR count). The number of hydrogen-bond acceptors (Lipinski definition) is 13. The van der Waals surface area contributed by atoms with Gasteiger partial charge >= 0.3 is 11.9 Å². The summed E-state index contributed by atoms with van der Waals surface area (Å²) in [6.07, 6.45) is 27.6. The van der Waals surface area contributed by atoms with E-state index in [1.165, 1.54) is 63.9 Å². The molecular weight excluding hydrogens is 1180 g/mol. The number of ketones is 1. The predicted molar refractivity (Wildman–Crippen MR) is 361 cm³/mol. The Balaban J connectivity index is 0.000000129. The summed E-state index contributed by atoms with van der Waals surface area (Å²) in [6, 6.07) is 0. The van der Waals surface area contributed by atoms with Crippen LogP contribution in [0.5, 0.6) is 0 Å². The maximum atomic E-state index is 12.8. The topological polar surface area (TPSA) is 155 Å². The highest BCUT2D eigenvalue weighted by Crippen LogP contribution is 2.73. The van der Waals surface area contributed by atoms with Crippen LogP contribution in [0.4, 0.5) is 0 Å². The van der Waals surface area contributed by atoms with Crippen LogP contribution < -0.4 is 0 Å². The number of aliphatic hydroxyl groups excluding tert-OH is 1. The van der Waals surface area contributed by atoms with Crippen molar-refractivity contribution in [3.63, 3.8) is 0 Å². The number of aliphatic hydroxyl groups is 1. The molecule has 0 bridgehead atoms. The Kier molecular flexibility index (Phi) is 17.6. The zero-order valence-corrected chi connectivity index (χ0v) is 62.5. The van der Waals surface area contributed by atoms with Crippen LogP contribution in [0, 0.1) is 109 Å². The number of fused-ring (bicyclic) bond motifs is 24. The molecule has 524 valence electrons. The van der Waals surface area contributed by atoms with Gasteiger partial charge in [0.1, 0.15) is 5.78 Å². The lowest BCUT2D eigenvalue weighted by molar-refractivity contribution is -0.182. The predicted octanol–water partition coefficient (Wildman–Crippen LogP) is 16.5. The van der Waals surface area contributed by atoms with E-state index in [1.54, 1.807) is 12.2 Å². The maximum Gasteiger partial charge on any atom is 0.330 e. The molecule has 15 fully saturated rings. The Morgan fingerprint density at radius 1 is 0.462 bits per heavy atom. The number of hydrogen-bond donors (Lipinski definition) is 1. The molecule has 3 saturated heterocycles. The second kappa shape index (κ2) is 23.5. The maximum absolute atomic E-state index is 12.8. The van der Waals surface area contributed by atoms with Crippen molar-refractivity contribution in [3.05, 3.63) is 23.3 Å². The van der Waals surface area contributed by atoms with Crippen LogP contribution in [0.25, 0.3) is 0 Å². The Morgan fingerprint density at radius 3 is 1.26 bits per heavy atom. The van der Waals surface area contributed by atoms with Crippen molar-refractivity contribution in [2.45, 2.75) is 330 Å². The molecule has 27 atom stereocenters. The van der Waals surface area contributed by atoms with Crippen molar-refractivity contribution in [3.8, 4) is 0 Å². The second-order valence-electron chi connectivity index (χ2n) is 38.3. The van der Waals surface area contributed by atoms with E-state index >= 15 is 0 Å². The first-order chi connectivity index (χ1) is 43.3. The first kappa shape index (κ1) is 69.5. The first-order valence-electron chi connectivity index (χ1n) is 37.8. The lowest BCUT2D eigenvalue weighted by Crippen LogP contribution is -2.63. The number of methoxy groups -OCH3 is 2. The number of Topliss-reactive ketones (excluding diaryl/α,β-unsaturated/α-hetero) is 1. The Bertz CT molecular complexity index is 2940. The molecule has 0 aromatic carbocycles. The summed E-state index contributed by atoms with van der Waals surface area (Å²) in [6.45, 7) is 41.3. The van der Waals surface area contributed by atoms with E-state index in [9.17, 15) is 19.5 Å². The minimum absolute atomic E-state index is 0.0351. The number of allylic oxidation sites excluding steroid dienone is 2. The third-order valence-electron chi connectivity index (χ3n) is 31.5. The van der Waals surface area contributed by atoms with Gasteiger partial charge < -0.3 is 47.4 Å². The van der Waals surface area contributed by atoms with E-state index in [0.717, 1.165) is 102 Å². The molecule has 0 radical (unpaired) electrons. The van der Waals surface area contributed by atoms with Gasteiger partial charge in [-0.3, -0.25) is 4.79 Å². The number of esters is 2. The molecule has 0 amide bonds. The normalized spacial score (nSPS) is 51.6. The molecule has 3 aliphatic heterocycles. The molecule has 13 nitrogen and oxygen atoms in total. The summed E-state index contributed by atoms with van der Waals surface area (Å²) in [7, 11) is 1.10. The molecule has 0 spiro atoms. The summed E-state index contributed by atoms with van der Waals surface area (Å²) in [5.41, 5.74) is 3.30.